The zero-order chi connectivity index (χ0) is 21.4. The first-order valence-corrected chi connectivity index (χ1v) is 11.4. The standard InChI is InChI=1S/C24H24N4O2S/c25-15-18-22(21-7-4-12-31-21)23-19(28(24(18)26)27-8-10-30-11-9-27)13-17(14-20(23)29)16-5-2-1-3-6-16/h1-7,12,17,22H,8-11,13-14,26H2. The Morgan fingerprint density at radius 2 is 1.87 bits per heavy atom. The molecule has 0 saturated carbocycles. The van der Waals surface area contributed by atoms with Gasteiger partial charge >= 0.3 is 0 Å². The number of hydrazine groups is 1. The lowest BCUT2D eigenvalue weighted by molar-refractivity contribution is -0.117. The van der Waals surface area contributed by atoms with Crippen LogP contribution >= 0.6 is 11.3 Å². The number of carbonyl (C=O) groups is 1. The summed E-state index contributed by atoms with van der Waals surface area (Å²) in [4.78, 5) is 14.6. The molecular weight excluding hydrogens is 408 g/mol. The number of carbonyl (C=O) groups excluding carboxylic acids is 1. The molecule has 2 aliphatic heterocycles. The van der Waals surface area contributed by atoms with E-state index in [1.807, 2.05) is 40.7 Å². The van der Waals surface area contributed by atoms with Gasteiger partial charge in [-0.15, -0.1) is 11.3 Å². The fourth-order valence-electron chi connectivity index (χ4n) is 4.89. The van der Waals surface area contributed by atoms with Crippen LogP contribution < -0.4 is 5.73 Å². The average Bonchev–Trinajstić information content (AvgIpc) is 3.34. The molecule has 1 aromatic carbocycles. The van der Waals surface area contributed by atoms with Crippen molar-refractivity contribution in [2.75, 3.05) is 26.3 Å². The number of nitriles is 1. The van der Waals surface area contributed by atoms with E-state index in [-0.39, 0.29) is 17.6 Å². The third-order valence-electron chi connectivity index (χ3n) is 6.31. The van der Waals surface area contributed by atoms with Crippen molar-refractivity contribution in [3.63, 3.8) is 0 Å². The highest BCUT2D eigenvalue weighted by Gasteiger charge is 2.44. The third-order valence-corrected chi connectivity index (χ3v) is 7.25. The molecule has 0 amide bonds. The van der Waals surface area contributed by atoms with Crippen LogP contribution in [0.4, 0.5) is 0 Å². The van der Waals surface area contributed by atoms with E-state index in [0.29, 0.717) is 50.5 Å². The fourth-order valence-corrected chi connectivity index (χ4v) is 5.73. The molecule has 3 heterocycles. The van der Waals surface area contributed by atoms with Crippen molar-refractivity contribution in [3.05, 3.63) is 80.9 Å². The molecule has 0 radical (unpaired) electrons. The summed E-state index contributed by atoms with van der Waals surface area (Å²) >= 11 is 1.56. The summed E-state index contributed by atoms with van der Waals surface area (Å²) in [6.45, 7) is 2.53. The van der Waals surface area contributed by atoms with Crippen LogP contribution in [0, 0.1) is 11.3 Å². The van der Waals surface area contributed by atoms with E-state index in [4.69, 9.17) is 10.5 Å². The molecule has 1 aliphatic carbocycles. The lowest BCUT2D eigenvalue weighted by Crippen LogP contribution is -2.52. The van der Waals surface area contributed by atoms with Crippen molar-refractivity contribution in [3.8, 4) is 6.07 Å². The molecular formula is C24H24N4O2S. The number of hydrogen-bond donors (Lipinski definition) is 1. The SMILES string of the molecule is N#CC1=C(N)N(N2CCOCC2)C2=C(C(=O)CC(c3ccccc3)C2)C1c1cccs1. The Balaban J connectivity index is 1.65. The summed E-state index contributed by atoms with van der Waals surface area (Å²) < 4.78 is 5.54. The first-order valence-electron chi connectivity index (χ1n) is 10.6. The normalized spacial score (nSPS) is 24.9. The molecule has 0 spiro atoms. The summed E-state index contributed by atoms with van der Waals surface area (Å²) in [7, 11) is 0. The van der Waals surface area contributed by atoms with Gasteiger partial charge in [0, 0.05) is 35.7 Å². The van der Waals surface area contributed by atoms with Gasteiger partial charge in [0.1, 0.15) is 5.82 Å². The summed E-state index contributed by atoms with van der Waals surface area (Å²) in [6.07, 6.45) is 1.16. The van der Waals surface area contributed by atoms with E-state index in [1.165, 1.54) is 0 Å². The molecule has 0 bridgehead atoms. The smallest absolute Gasteiger partial charge is 0.162 e. The van der Waals surface area contributed by atoms with Gasteiger partial charge in [0.15, 0.2) is 5.78 Å². The number of nitrogens with zero attached hydrogens (tertiary/aromatic N) is 3. The molecule has 7 heteroatoms. The Kier molecular flexibility index (Phi) is 5.36. The molecule has 1 aromatic heterocycles. The number of ketones is 1. The van der Waals surface area contributed by atoms with Crippen LogP contribution in [0.3, 0.4) is 0 Å². The summed E-state index contributed by atoms with van der Waals surface area (Å²) in [5.74, 6) is 0.244. The Morgan fingerprint density at radius 1 is 1.10 bits per heavy atom. The van der Waals surface area contributed by atoms with Crippen LogP contribution in [0.1, 0.15) is 35.1 Å². The second kappa shape index (κ2) is 8.31. The van der Waals surface area contributed by atoms with Crippen molar-refractivity contribution in [1.82, 2.24) is 10.0 Å². The Morgan fingerprint density at radius 3 is 2.55 bits per heavy atom. The Labute approximate surface area is 185 Å². The Bertz CT molecular complexity index is 1080. The van der Waals surface area contributed by atoms with Crippen LogP contribution in [0.2, 0.25) is 0 Å². The molecule has 5 rings (SSSR count). The highest BCUT2D eigenvalue weighted by atomic mass is 32.1. The number of hydrogen-bond acceptors (Lipinski definition) is 7. The topological polar surface area (TPSA) is 82.6 Å². The maximum Gasteiger partial charge on any atom is 0.162 e. The largest absolute Gasteiger partial charge is 0.383 e. The second-order valence-corrected chi connectivity index (χ2v) is 9.02. The fraction of sp³-hybridized carbons (Fsp3) is 0.333. The number of benzene rings is 1. The first kappa shape index (κ1) is 20.0. The van der Waals surface area contributed by atoms with E-state index >= 15 is 0 Å². The molecule has 1 saturated heterocycles. The summed E-state index contributed by atoms with van der Waals surface area (Å²) in [5.41, 5.74) is 9.93. The van der Waals surface area contributed by atoms with Gasteiger partial charge in [0.05, 0.1) is 30.8 Å². The predicted octanol–water partition coefficient (Wildman–Crippen LogP) is 3.49. The third kappa shape index (κ3) is 3.47. The van der Waals surface area contributed by atoms with Crippen LogP contribution in [0.25, 0.3) is 0 Å². The van der Waals surface area contributed by atoms with E-state index < -0.39 is 0 Å². The maximum atomic E-state index is 13.6. The number of Topliss-reactive ketones (excluding diaryl/α,β-unsaturated/α-hetero) is 1. The van der Waals surface area contributed by atoms with Gasteiger partial charge in [-0.3, -0.25) is 9.80 Å². The molecule has 6 nitrogen and oxygen atoms in total. The number of morpholine rings is 1. The van der Waals surface area contributed by atoms with Crippen LogP contribution in [-0.4, -0.2) is 42.1 Å². The molecule has 2 unspecified atom stereocenters. The van der Waals surface area contributed by atoms with Gasteiger partial charge in [0.25, 0.3) is 0 Å². The van der Waals surface area contributed by atoms with Crippen molar-refractivity contribution >= 4 is 17.1 Å². The average molecular weight is 433 g/mol. The van der Waals surface area contributed by atoms with E-state index in [9.17, 15) is 10.1 Å². The van der Waals surface area contributed by atoms with E-state index in [0.717, 1.165) is 21.7 Å². The molecule has 31 heavy (non-hydrogen) atoms. The van der Waals surface area contributed by atoms with Gasteiger partial charge in [-0.25, -0.2) is 5.01 Å². The lowest BCUT2D eigenvalue weighted by Gasteiger charge is -2.46. The molecule has 158 valence electrons. The number of rotatable bonds is 3. The van der Waals surface area contributed by atoms with Crippen molar-refractivity contribution in [2.24, 2.45) is 5.73 Å². The molecule has 2 atom stereocenters. The number of thiophene rings is 1. The predicted molar refractivity (Wildman–Crippen MR) is 119 cm³/mol. The highest BCUT2D eigenvalue weighted by molar-refractivity contribution is 7.10. The first-order chi connectivity index (χ1) is 15.2. The summed E-state index contributed by atoms with van der Waals surface area (Å²) in [5, 5.41) is 16.1. The van der Waals surface area contributed by atoms with Crippen LogP contribution in [0.5, 0.6) is 0 Å². The lowest BCUT2D eigenvalue weighted by atomic mass is 9.74. The number of nitrogens with two attached hydrogens (primary N) is 1. The summed E-state index contributed by atoms with van der Waals surface area (Å²) in [6, 6.07) is 16.5. The Hall–Kier alpha value is -2.92. The highest BCUT2D eigenvalue weighted by Crippen LogP contribution is 2.49. The molecule has 2 N–H and O–H groups in total. The van der Waals surface area contributed by atoms with E-state index in [2.05, 4.69) is 23.2 Å². The molecule has 2 aromatic rings. The minimum Gasteiger partial charge on any atom is -0.383 e. The van der Waals surface area contributed by atoms with Crippen LogP contribution in [0.15, 0.2) is 70.5 Å². The molecule has 3 aliphatic rings. The number of allylic oxidation sites excluding steroid dienone is 3. The minimum absolute atomic E-state index is 0.0939. The van der Waals surface area contributed by atoms with Gasteiger partial charge in [0.2, 0.25) is 0 Å². The van der Waals surface area contributed by atoms with Gasteiger partial charge in [-0.2, -0.15) is 5.26 Å². The van der Waals surface area contributed by atoms with Crippen LogP contribution in [-0.2, 0) is 9.53 Å². The monoisotopic (exact) mass is 432 g/mol. The zero-order valence-electron chi connectivity index (χ0n) is 17.2. The van der Waals surface area contributed by atoms with Gasteiger partial charge in [-0.1, -0.05) is 36.4 Å². The van der Waals surface area contributed by atoms with Crippen molar-refractivity contribution in [1.29, 1.82) is 5.26 Å². The quantitative estimate of drug-likeness (QED) is 0.800. The zero-order valence-corrected chi connectivity index (χ0v) is 18.0. The van der Waals surface area contributed by atoms with E-state index in [1.54, 1.807) is 11.3 Å². The maximum absolute atomic E-state index is 13.6. The van der Waals surface area contributed by atoms with Gasteiger partial charge < -0.3 is 10.5 Å². The van der Waals surface area contributed by atoms with Gasteiger partial charge in [-0.05, 0) is 29.3 Å². The minimum atomic E-state index is -0.387. The molecule has 1 fully saturated rings. The second-order valence-electron chi connectivity index (χ2n) is 8.04. The van der Waals surface area contributed by atoms with Crippen molar-refractivity contribution < 1.29 is 9.53 Å². The number of ether oxygens (including phenoxy) is 1. The van der Waals surface area contributed by atoms with Crippen molar-refractivity contribution in [2.45, 2.75) is 24.7 Å².